The Balaban J connectivity index is 1.31. The number of fused-ring (bicyclic) bond motifs is 3. The SMILES string of the molecule is Cc1cc(-c2ccc(-n3c4ccccc4c4ccccc43)cc2)cc([Si](c2ccccc2)(c2ccccc2)c2ccccc2)c1. The monoisotopic (exact) mass is 591 g/mol. The molecule has 7 aromatic carbocycles. The molecule has 0 aliphatic carbocycles. The first-order valence-electron chi connectivity index (χ1n) is 15.6. The highest BCUT2D eigenvalue weighted by Gasteiger charge is 2.41. The minimum Gasteiger partial charge on any atom is -0.309 e. The molecule has 2 heteroatoms. The van der Waals surface area contributed by atoms with Crippen molar-refractivity contribution in [3.8, 4) is 16.8 Å². The van der Waals surface area contributed by atoms with Gasteiger partial charge >= 0.3 is 0 Å². The van der Waals surface area contributed by atoms with Gasteiger partial charge in [0.15, 0.2) is 8.07 Å². The molecule has 1 heterocycles. The van der Waals surface area contributed by atoms with Crippen molar-refractivity contribution in [3.63, 3.8) is 0 Å². The summed E-state index contributed by atoms with van der Waals surface area (Å²) in [4.78, 5) is 0. The maximum absolute atomic E-state index is 2.62. The van der Waals surface area contributed by atoms with Crippen molar-refractivity contribution >= 4 is 50.6 Å². The van der Waals surface area contributed by atoms with Crippen molar-refractivity contribution in [1.82, 2.24) is 4.57 Å². The van der Waals surface area contributed by atoms with E-state index >= 15 is 0 Å². The summed E-state index contributed by atoms with van der Waals surface area (Å²) >= 11 is 0. The van der Waals surface area contributed by atoms with E-state index in [1.54, 1.807) is 0 Å². The summed E-state index contributed by atoms with van der Waals surface area (Å²) in [7, 11) is -2.62. The normalized spacial score (nSPS) is 11.7. The van der Waals surface area contributed by atoms with Gasteiger partial charge in [0.05, 0.1) is 11.0 Å². The van der Waals surface area contributed by atoms with E-state index in [-0.39, 0.29) is 0 Å². The molecule has 214 valence electrons. The van der Waals surface area contributed by atoms with Crippen LogP contribution in [0, 0.1) is 6.92 Å². The molecule has 1 nitrogen and oxygen atoms in total. The lowest BCUT2D eigenvalue weighted by Crippen LogP contribution is -2.74. The molecule has 0 saturated heterocycles. The lowest BCUT2D eigenvalue weighted by Gasteiger charge is -2.35. The van der Waals surface area contributed by atoms with Crippen LogP contribution in [-0.4, -0.2) is 12.6 Å². The summed E-state index contributed by atoms with van der Waals surface area (Å²) in [6.45, 7) is 2.24. The summed E-state index contributed by atoms with van der Waals surface area (Å²) < 4.78 is 2.38. The number of nitrogens with zero attached hydrogens (tertiary/aromatic N) is 1. The molecule has 8 rings (SSSR count). The van der Waals surface area contributed by atoms with Crippen molar-refractivity contribution < 1.29 is 0 Å². The van der Waals surface area contributed by atoms with Gasteiger partial charge in [0, 0.05) is 16.5 Å². The fourth-order valence-corrected chi connectivity index (χ4v) is 12.1. The van der Waals surface area contributed by atoms with Gasteiger partial charge in [-0.2, -0.15) is 0 Å². The smallest absolute Gasteiger partial charge is 0.179 e. The lowest BCUT2D eigenvalue weighted by atomic mass is 10.0. The van der Waals surface area contributed by atoms with Crippen molar-refractivity contribution in [1.29, 1.82) is 0 Å². The quantitative estimate of drug-likeness (QED) is 0.136. The van der Waals surface area contributed by atoms with E-state index in [0.717, 1.165) is 0 Å². The molecule has 0 aliphatic heterocycles. The average molecular weight is 592 g/mol. The van der Waals surface area contributed by atoms with E-state index in [9.17, 15) is 0 Å². The van der Waals surface area contributed by atoms with Crippen molar-refractivity contribution in [2.75, 3.05) is 0 Å². The van der Waals surface area contributed by atoms with Crippen LogP contribution in [0.4, 0.5) is 0 Å². The molecular formula is C43H33NSi. The van der Waals surface area contributed by atoms with E-state index in [0.29, 0.717) is 0 Å². The zero-order valence-electron chi connectivity index (χ0n) is 25.3. The third-order valence-corrected chi connectivity index (χ3v) is 13.9. The van der Waals surface area contributed by atoms with Crippen molar-refractivity contribution in [2.24, 2.45) is 0 Å². The highest BCUT2D eigenvalue weighted by molar-refractivity contribution is 7.19. The Bertz CT molecular complexity index is 2100. The van der Waals surface area contributed by atoms with E-state index in [1.807, 2.05) is 0 Å². The summed E-state index contributed by atoms with van der Waals surface area (Å²) in [6, 6.07) is 67.2. The molecule has 8 aromatic rings. The first-order valence-corrected chi connectivity index (χ1v) is 17.6. The minimum atomic E-state index is -2.62. The van der Waals surface area contributed by atoms with Gasteiger partial charge in [0.25, 0.3) is 0 Å². The summed E-state index contributed by atoms with van der Waals surface area (Å²) in [5, 5.41) is 8.13. The van der Waals surface area contributed by atoms with Gasteiger partial charge in [-0.1, -0.05) is 163 Å². The highest BCUT2D eigenvalue weighted by Crippen LogP contribution is 2.32. The Morgan fingerprint density at radius 3 is 1.31 bits per heavy atom. The molecule has 0 N–H and O–H groups in total. The second-order valence-electron chi connectivity index (χ2n) is 11.9. The summed E-state index contributed by atoms with van der Waals surface area (Å²) in [5.74, 6) is 0. The van der Waals surface area contributed by atoms with E-state index in [4.69, 9.17) is 0 Å². The van der Waals surface area contributed by atoms with Gasteiger partial charge in [-0.25, -0.2) is 0 Å². The zero-order chi connectivity index (χ0) is 30.2. The third kappa shape index (κ3) is 4.54. The maximum Gasteiger partial charge on any atom is 0.179 e. The summed E-state index contributed by atoms with van der Waals surface area (Å²) in [6.07, 6.45) is 0. The fraction of sp³-hybridized carbons (Fsp3) is 0.0233. The van der Waals surface area contributed by atoms with Gasteiger partial charge in [-0.05, 0) is 63.1 Å². The highest BCUT2D eigenvalue weighted by atomic mass is 28.3. The molecule has 1 aromatic heterocycles. The molecule has 45 heavy (non-hydrogen) atoms. The van der Waals surface area contributed by atoms with Gasteiger partial charge in [0.1, 0.15) is 0 Å². The van der Waals surface area contributed by atoms with Gasteiger partial charge < -0.3 is 4.57 Å². The van der Waals surface area contributed by atoms with Gasteiger partial charge in [-0.3, -0.25) is 0 Å². The Hall–Kier alpha value is -5.44. The first kappa shape index (κ1) is 27.1. The molecule has 0 bridgehead atoms. The largest absolute Gasteiger partial charge is 0.309 e. The zero-order valence-corrected chi connectivity index (χ0v) is 26.3. The van der Waals surface area contributed by atoms with Crippen LogP contribution in [0.2, 0.25) is 0 Å². The van der Waals surface area contributed by atoms with Crippen molar-refractivity contribution in [2.45, 2.75) is 6.92 Å². The fourth-order valence-electron chi connectivity index (χ4n) is 7.23. The number of para-hydroxylation sites is 2. The first-order chi connectivity index (χ1) is 22.2. The molecule has 0 radical (unpaired) electrons. The number of rotatable bonds is 6. The van der Waals surface area contributed by atoms with E-state index in [1.165, 1.54) is 64.9 Å². The Labute approximate surface area is 265 Å². The standard InChI is InChI=1S/C43H33NSi/c1-32-29-34(33-25-27-35(28-26-33)44-42-23-13-11-21-40(42)41-22-12-14-24-43(41)44)31-39(30-32)45(36-15-5-2-6-16-36,37-17-7-3-8-18-37)38-19-9-4-10-20-38/h2-31H,1H3. The van der Waals surface area contributed by atoms with Crippen LogP contribution in [-0.2, 0) is 0 Å². The molecule has 0 spiro atoms. The molecule has 0 amide bonds. The second kappa shape index (κ2) is 11.2. The van der Waals surface area contributed by atoms with Crippen LogP contribution in [0.5, 0.6) is 0 Å². The molecular weight excluding hydrogens is 559 g/mol. The Morgan fingerprint density at radius 1 is 0.378 bits per heavy atom. The topological polar surface area (TPSA) is 4.93 Å². The van der Waals surface area contributed by atoms with E-state index < -0.39 is 8.07 Å². The van der Waals surface area contributed by atoms with Crippen LogP contribution >= 0.6 is 0 Å². The summed E-state index contributed by atoms with van der Waals surface area (Å²) in [5.41, 5.74) is 7.38. The molecule has 0 atom stereocenters. The van der Waals surface area contributed by atoms with Crippen molar-refractivity contribution in [3.05, 3.63) is 188 Å². The molecule has 0 unspecified atom stereocenters. The van der Waals surface area contributed by atoms with E-state index in [2.05, 4.69) is 193 Å². The van der Waals surface area contributed by atoms with Crippen LogP contribution in [0.25, 0.3) is 38.6 Å². The molecule has 0 fully saturated rings. The van der Waals surface area contributed by atoms with Crippen LogP contribution in [0.15, 0.2) is 182 Å². The predicted octanol–water partition coefficient (Wildman–Crippen LogP) is 8.14. The maximum atomic E-state index is 2.46. The predicted molar refractivity (Wildman–Crippen MR) is 195 cm³/mol. The number of benzene rings is 7. The lowest BCUT2D eigenvalue weighted by molar-refractivity contribution is 1.18. The Kier molecular flexibility index (Phi) is 6.78. The number of aromatic nitrogens is 1. The Morgan fingerprint density at radius 2 is 0.822 bits per heavy atom. The van der Waals surface area contributed by atoms with Crippen LogP contribution in [0.3, 0.4) is 0 Å². The molecule has 0 aliphatic rings. The van der Waals surface area contributed by atoms with Crippen LogP contribution in [0.1, 0.15) is 5.56 Å². The number of aryl methyl sites for hydroxylation is 1. The second-order valence-corrected chi connectivity index (χ2v) is 15.7. The number of hydrogen-bond acceptors (Lipinski definition) is 0. The minimum absolute atomic E-state index is 1.17. The van der Waals surface area contributed by atoms with Crippen LogP contribution < -0.4 is 20.7 Å². The number of hydrogen-bond donors (Lipinski definition) is 0. The van der Waals surface area contributed by atoms with Gasteiger partial charge in [0.2, 0.25) is 0 Å². The average Bonchev–Trinajstić information content (AvgIpc) is 3.44. The van der Waals surface area contributed by atoms with Gasteiger partial charge in [-0.15, -0.1) is 0 Å². The molecule has 0 saturated carbocycles. The third-order valence-electron chi connectivity index (χ3n) is 9.17.